The van der Waals surface area contributed by atoms with Crippen molar-refractivity contribution >= 4 is 0 Å². The summed E-state index contributed by atoms with van der Waals surface area (Å²) in [6.45, 7) is 4.55. The Bertz CT molecular complexity index is 405. The average molecular weight is 264 g/mol. The molecule has 0 unspecified atom stereocenters. The van der Waals surface area contributed by atoms with Gasteiger partial charge in [0.05, 0.1) is 14.2 Å². The van der Waals surface area contributed by atoms with Crippen molar-refractivity contribution in [1.82, 2.24) is 10.2 Å². The second-order valence-corrected chi connectivity index (χ2v) is 5.21. The molecular weight excluding hydrogens is 240 g/mol. The van der Waals surface area contributed by atoms with Crippen LogP contribution in [-0.2, 0) is 6.42 Å². The van der Waals surface area contributed by atoms with Gasteiger partial charge >= 0.3 is 0 Å². The Morgan fingerprint density at radius 2 is 2.05 bits per heavy atom. The molecule has 0 aromatic heterocycles. The number of hydrogen-bond donors (Lipinski definition) is 1. The van der Waals surface area contributed by atoms with E-state index in [-0.39, 0.29) is 0 Å². The fourth-order valence-corrected chi connectivity index (χ4v) is 2.38. The summed E-state index contributed by atoms with van der Waals surface area (Å²) in [6, 6.07) is 6.04. The fraction of sp³-hybridized carbons (Fsp3) is 0.600. The molecule has 1 N–H and O–H groups in total. The lowest BCUT2D eigenvalue weighted by Crippen LogP contribution is -2.47. The molecule has 106 valence electrons. The average Bonchev–Trinajstić information content (AvgIpc) is 2.40. The van der Waals surface area contributed by atoms with Crippen LogP contribution in [0.4, 0.5) is 0 Å². The zero-order chi connectivity index (χ0) is 13.7. The first kappa shape index (κ1) is 14.2. The van der Waals surface area contributed by atoms with Crippen LogP contribution >= 0.6 is 0 Å². The van der Waals surface area contributed by atoms with Gasteiger partial charge in [-0.25, -0.2) is 0 Å². The van der Waals surface area contributed by atoms with Crippen molar-refractivity contribution in [2.45, 2.75) is 6.42 Å². The SMILES string of the molecule is COc1ccc(CCN(C)CC2CNC2)c(OC)c1. The molecule has 1 saturated heterocycles. The second-order valence-electron chi connectivity index (χ2n) is 5.21. The quantitative estimate of drug-likeness (QED) is 0.807. The molecule has 2 rings (SSSR count). The summed E-state index contributed by atoms with van der Waals surface area (Å²) in [6.07, 6.45) is 1.00. The number of nitrogens with one attached hydrogen (secondary N) is 1. The molecule has 1 aromatic carbocycles. The van der Waals surface area contributed by atoms with E-state index in [1.54, 1.807) is 14.2 Å². The highest BCUT2D eigenvalue weighted by Gasteiger charge is 2.18. The molecule has 4 nitrogen and oxygen atoms in total. The molecule has 1 aliphatic rings. The normalized spacial score (nSPS) is 15.4. The summed E-state index contributed by atoms with van der Waals surface area (Å²) >= 11 is 0. The van der Waals surface area contributed by atoms with E-state index in [4.69, 9.17) is 9.47 Å². The first-order valence-corrected chi connectivity index (χ1v) is 6.83. The monoisotopic (exact) mass is 264 g/mol. The molecule has 0 atom stereocenters. The van der Waals surface area contributed by atoms with Gasteiger partial charge in [0, 0.05) is 32.2 Å². The predicted octanol–water partition coefficient (Wildman–Crippen LogP) is 1.40. The zero-order valence-corrected chi connectivity index (χ0v) is 12.1. The fourth-order valence-electron chi connectivity index (χ4n) is 2.38. The van der Waals surface area contributed by atoms with Gasteiger partial charge in [-0.3, -0.25) is 0 Å². The van der Waals surface area contributed by atoms with Gasteiger partial charge in [-0.2, -0.15) is 0 Å². The third kappa shape index (κ3) is 3.85. The first-order valence-electron chi connectivity index (χ1n) is 6.83. The zero-order valence-electron chi connectivity index (χ0n) is 12.1. The van der Waals surface area contributed by atoms with Gasteiger partial charge < -0.3 is 19.7 Å². The Hall–Kier alpha value is -1.26. The summed E-state index contributed by atoms with van der Waals surface area (Å²) < 4.78 is 10.6. The van der Waals surface area contributed by atoms with Crippen LogP contribution < -0.4 is 14.8 Å². The van der Waals surface area contributed by atoms with Crippen molar-refractivity contribution in [3.63, 3.8) is 0 Å². The maximum Gasteiger partial charge on any atom is 0.125 e. The van der Waals surface area contributed by atoms with Crippen LogP contribution in [0, 0.1) is 5.92 Å². The van der Waals surface area contributed by atoms with Gasteiger partial charge in [0.1, 0.15) is 11.5 Å². The molecule has 0 radical (unpaired) electrons. The number of nitrogens with zero attached hydrogens (tertiary/aromatic N) is 1. The third-order valence-corrected chi connectivity index (χ3v) is 3.69. The summed E-state index contributed by atoms with van der Waals surface area (Å²) in [4.78, 5) is 2.40. The predicted molar refractivity (Wildman–Crippen MR) is 77.1 cm³/mol. The number of benzene rings is 1. The van der Waals surface area contributed by atoms with Gasteiger partial charge in [-0.05, 0) is 31.0 Å². The van der Waals surface area contributed by atoms with Crippen LogP contribution in [0.1, 0.15) is 5.56 Å². The van der Waals surface area contributed by atoms with Gasteiger partial charge in [0.15, 0.2) is 0 Å². The first-order chi connectivity index (χ1) is 9.22. The molecule has 19 heavy (non-hydrogen) atoms. The molecule has 0 amide bonds. The minimum atomic E-state index is 0.822. The molecular formula is C15H24N2O2. The Morgan fingerprint density at radius 3 is 2.63 bits per heavy atom. The van der Waals surface area contributed by atoms with Gasteiger partial charge in [0.2, 0.25) is 0 Å². The lowest BCUT2D eigenvalue weighted by atomic mass is 10.0. The van der Waals surface area contributed by atoms with Crippen molar-refractivity contribution < 1.29 is 9.47 Å². The molecule has 0 spiro atoms. The lowest BCUT2D eigenvalue weighted by Gasteiger charge is -2.31. The third-order valence-electron chi connectivity index (χ3n) is 3.69. The molecule has 0 saturated carbocycles. The van der Waals surface area contributed by atoms with Crippen molar-refractivity contribution in [2.75, 3.05) is 47.4 Å². The molecule has 1 fully saturated rings. The maximum absolute atomic E-state index is 5.43. The molecule has 4 heteroatoms. The number of rotatable bonds is 7. The standard InChI is InChI=1S/C15H24N2O2/c1-17(11-12-9-16-10-12)7-6-13-4-5-14(18-2)8-15(13)19-3/h4-5,8,12,16H,6-7,9-11H2,1-3H3. The number of ether oxygens (including phenoxy) is 2. The maximum atomic E-state index is 5.43. The molecule has 1 heterocycles. The summed E-state index contributed by atoms with van der Waals surface area (Å²) in [5, 5.41) is 3.31. The summed E-state index contributed by atoms with van der Waals surface area (Å²) in [5.74, 6) is 2.58. The lowest BCUT2D eigenvalue weighted by molar-refractivity contribution is 0.225. The van der Waals surface area contributed by atoms with E-state index in [2.05, 4.69) is 23.3 Å². The summed E-state index contributed by atoms with van der Waals surface area (Å²) in [5.41, 5.74) is 1.24. The smallest absolute Gasteiger partial charge is 0.125 e. The minimum Gasteiger partial charge on any atom is -0.497 e. The van der Waals surface area contributed by atoms with Crippen LogP contribution in [0.3, 0.4) is 0 Å². The number of likely N-dealkylation sites (N-methyl/N-ethyl adjacent to an activating group) is 1. The highest BCUT2D eigenvalue weighted by molar-refractivity contribution is 5.40. The molecule has 0 bridgehead atoms. The van der Waals surface area contributed by atoms with E-state index in [0.717, 1.165) is 43.5 Å². The van der Waals surface area contributed by atoms with Crippen LogP contribution in [0.5, 0.6) is 11.5 Å². The van der Waals surface area contributed by atoms with Crippen molar-refractivity contribution in [2.24, 2.45) is 5.92 Å². The highest BCUT2D eigenvalue weighted by atomic mass is 16.5. The largest absolute Gasteiger partial charge is 0.497 e. The van der Waals surface area contributed by atoms with E-state index in [0.29, 0.717) is 0 Å². The second kappa shape index (κ2) is 6.78. The van der Waals surface area contributed by atoms with Gasteiger partial charge in [-0.15, -0.1) is 0 Å². The molecule has 1 aliphatic heterocycles. The minimum absolute atomic E-state index is 0.822. The van der Waals surface area contributed by atoms with E-state index >= 15 is 0 Å². The van der Waals surface area contributed by atoms with Crippen LogP contribution in [-0.4, -0.2) is 52.3 Å². The van der Waals surface area contributed by atoms with Crippen LogP contribution in [0.15, 0.2) is 18.2 Å². The van der Waals surface area contributed by atoms with Crippen molar-refractivity contribution in [3.05, 3.63) is 23.8 Å². The van der Waals surface area contributed by atoms with Gasteiger partial charge in [0.25, 0.3) is 0 Å². The van der Waals surface area contributed by atoms with E-state index in [1.165, 1.54) is 12.1 Å². The van der Waals surface area contributed by atoms with Crippen LogP contribution in [0.25, 0.3) is 0 Å². The van der Waals surface area contributed by atoms with Crippen molar-refractivity contribution in [1.29, 1.82) is 0 Å². The highest BCUT2D eigenvalue weighted by Crippen LogP contribution is 2.25. The van der Waals surface area contributed by atoms with E-state index in [9.17, 15) is 0 Å². The van der Waals surface area contributed by atoms with E-state index < -0.39 is 0 Å². The van der Waals surface area contributed by atoms with Gasteiger partial charge in [-0.1, -0.05) is 6.07 Å². The number of hydrogen-bond acceptors (Lipinski definition) is 4. The van der Waals surface area contributed by atoms with Crippen LogP contribution in [0.2, 0.25) is 0 Å². The van der Waals surface area contributed by atoms with Crippen molar-refractivity contribution in [3.8, 4) is 11.5 Å². The number of methoxy groups -OCH3 is 2. The summed E-state index contributed by atoms with van der Waals surface area (Å²) in [7, 11) is 5.57. The Labute approximate surface area is 115 Å². The Morgan fingerprint density at radius 1 is 1.26 bits per heavy atom. The Balaban J connectivity index is 1.87. The van der Waals surface area contributed by atoms with E-state index in [1.807, 2.05) is 12.1 Å². The Kier molecular flexibility index (Phi) is 5.05. The topological polar surface area (TPSA) is 33.7 Å². The molecule has 0 aliphatic carbocycles. The molecule has 1 aromatic rings.